The van der Waals surface area contributed by atoms with E-state index in [1.165, 1.54) is 22.3 Å². The maximum atomic E-state index is 4.62. The van der Waals surface area contributed by atoms with Gasteiger partial charge in [0.05, 0.1) is 0 Å². The minimum absolute atomic E-state index is 0.565. The summed E-state index contributed by atoms with van der Waals surface area (Å²) < 4.78 is 0. The lowest BCUT2D eigenvalue weighted by Crippen LogP contribution is -1.96. The monoisotopic (exact) mass is 266 g/mol. The Morgan fingerprint density at radius 2 is 1.59 bits per heavy atom. The van der Waals surface area contributed by atoms with E-state index in [2.05, 4.69) is 72.0 Å². The van der Waals surface area contributed by atoms with Crippen molar-refractivity contribution in [3.63, 3.8) is 0 Å². The fourth-order valence-electron chi connectivity index (χ4n) is 2.02. The number of thiol groups is 2. The minimum Gasteiger partial charge on any atom is -0.147 e. The molecule has 0 atom stereocenters. The molecule has 0 nitrogen and oxygen atoms in total. The molecular weight excluding hydrogens is 244 g/mol. The number of rotatable bonds is 3. The highest BCUT2D eigenvalue weighted by Gasteiger charge is 2.11. The Morgan fingerprint density at radius 1 is 1.12 bits per heavy atom. The van der Waals surface area contributed by atoms with E-state index >= 15 is 0 Å². The third-order valence-corrected chi connectivity index (χ3v) is 4.28. The number of benzene rings is 1. The van der Waals surface area contributed by atoms with Gasteiger partial charge in [0.2, 0.25) is 0 Å². The summed E-state index contributed by atoms with van der Waals surface area (Å²) in [7, 11) is 0. The third kappa shape index (κ3) is 3.32. The Kier molecular flexibility index (Phi) is 5.21. The molecule has 0 fully saturated rings. The van der Waals surface area contributed by atoms with Gasteiger partial charge in [-0.3, -0.25) is 0 Å². The van der Waals surface area contributed by atoms with Crippen molar-refractivity contribution in [2.24, 2.45) is 0 Å². The highest BCUT2D eigenvalue weighted by Crippen LogP contribution is 2.33. The normalized spacial score (nSPS) is 12.9. The third-order valence-electron chi connectivity index (χ3n) is 3.07. The van der Waals surface area contributed by atoms with E-state index in [4.69, 9.17) is 0 Å². The molecule has 0 amide bonds. The van der Waals surface area contributed by atoms with Crippen LogP contribution in [0.25, 0.3) is 4.91 Å². The van der Waals surface area contributed by atoms with Gasteiger partial charge in [-0.2, -0.15) is 0 Å². The van der Waals surface area contributed by atoms with Crippen LogP contribution in [0.2, 0.25) is 0 Å². The van der Waals surface area contributed by atoms with Crippen molar-refractivity contribution >= 4 is 30.2 Å². The average Bonchev–Trinajstić information content (AvgIpc) is 2.26. The van der Waals surface area contributed by atoms with Gasteiger partial charge in [0.1, 0.15) is 0 Å². The van der Waals surface area contributed by atoms with Gasteiger partial charge < -0.3 is 0 Å². The second kappa shape index (κ2) is 6.01. The quantitative estimate of drug-likeness (QED) is 0.676. The van der Waals surface area contributed by atoms with Crippen LogP contribution in [0.5, 0.6) is 0 Å². The first-order valence-corrected chi connectivity index (χ1v) is 7.00. The van der Waals surface area contributed by atoms with Crippen LogP contribution in [-0.2, 0) is 0 Å². The molecule has 0 aromatic heterocycles. The van der Waals surface area contributed by atoms with Gasteiger partial charge >= 0.3 is 0 Å². The summed E-state index contributed by atoms with van der Waals surface area (Å²) in [6, 6.07) is 4.53. The van der Waals surface area contributed by atoms with E-state index in [-0.39, 0.29) is 0 Å². The second-order valence-electron chi connectivity index (χ2n) is 4.83. The zero-order chi connectivity index (χ0) is 13.2. The van der Waals surface area contributed by atoms with Crippen molar-refractivity contribution in [2.75, 3.05) is 0 Å². The molecule has 0 spiro atoms. The van der Waals surface area contributed by atoms with Crippen LogP contribution in [0.1, 0.15) is 55.4 Å². The molecule has 17 heavy (non-hydrogen) atoms. The van der Waals surface area contributed by atoms with Crippen LogP contribution in [0.15, 0.2) is 17.0 Å². The SMILES string of the molecule is CC/C(S)=C(/S)c1c(C)cc(C(C)C)cc1C. The molecule has 1 aromatic rings. The maximum absolute atomic E-state index is 4.62. The number of allylic oxidation sites excluding steroid dienone is 1. The zero-order valence-corrected chi connectivity index (χ0v) is 13.1. The van der Waals surface area contributed by atoms with E-state index < -0.39 is 0 Å². The molecule has 0 saturated carbocycles. The molecular formula is C15H22S2. The predicted molar refractivity (Wildman–Crippen MR) is 85.2 cm³/mol. The smallest absolute Gasteiger partial charge is 0.0211 e. The molecule has 2 heteroatoms. The van der Waals surface area contributed by atoms with Crippen LogP contribution in [0, 0.1) is 13.8 Å². The van der Waals surface area contributed by atoms with Crippen LogP contribution >= 0.6 is 25.3 Å². The van der Waals surface area contributed by atoms with Gasteiger partial charge in [-0.1, -0.05) is 32.9 Å². The zero-order valence-electron chi connectivity index (χ0n) is 11.3. The highest BCUT2D eigenvalue weighted by molar-refractivity contribution is 7.93. The van der Waals surface area contributed by atoms with Crippen molar-refractivity contribution in [3.8, 4) is 0 Å². The Hall–Kier alpha value is -0.340. The largest absolute Gasteiger partial charge is 0.147 e. The average molecular weight is 266 g/mol. The van der Waals surface area contributed by atoms with E-state index in [9.17, 15) is 0 Å². The first-order valence-electron chi connectivity index (χ1n) is 6.11. The minimum atomic E-state index is 0.565. The molecule has 0 heterocycles. The topological polar surface area (TPSA) is 0 Å². The van der Waals surface area contributed by atoms with Gasteiger partial charge in [-0.15, -0.1) is 25.3 Å². The summed E-state index contributed by atoms with van der Waals surface area (Å²) in [4.78, 5) is 2.07. The van der Waals surface area contributed by atoms with E-state index in [1.807, 2.05) is 0 Å². The van der Waals surface area contributed by atoms with Crippen LogP contribution in [0.3, 0.4) is 0 Å². The summed E-state index contributed by atoms with van der Waals surface area (Å²) in [5, 5.41) is 0. The van der Waals surface area contributed by atoms with Gasteiger partial charge in [-0.25, -0.2) is 0 Å². The van der Waals surface area contributed by atoms with Crippen molar-refractivity contribution in [2.45, 2.75) is 47.0 Å². The van der Waals surface area contributed by atoms with Crippen molar-refractivity contribution in [3.05, 3.63) is 39.3 Å². The lowest BCUT2D eigenvalue weighted by atomic mass is 9.93. The molecule has 0 saturated heterocycles. The Labute approximate surface area is 116 Å². The Bertz CT molecular complexity index is 419. The van der Waals surface area contributed by atoms with Crippen LogP contribution in [0.4, 0.5) is 0 Å². The molecule has 0 N–H and O–H groups in total. The van der Waals surface area contributed by atoms with Gasteiger partial charge in [0, 0.05) is 4.91 Å². The van der Waals surface area contributed by atoms with Gasteiger partial charge in [0.15, 0.2) is 0 Å². The summed E-state index contributed by atoms with van der Waals surface area (Å²) in [5.41, 5.74) is 5.21. The summed E-state index contributed by atoms with van der Waals surface area (Å²) in [6.07, 6.45) is 0.923. The van der Waals surface area contributed by atoms with Crippen LogP contribution in [-0.4, -0.2) is 0 Å². The van der Waals surface area contributed by atoms with Gasteiger partial charge in [-0.05, 0) is 53.3 Å². The van der Waals surface area contributed by atoms with Crippen molar-refractivity contribution in [1.82, 2.24) is 0 Å². The number of aryl methyl sites for hydroxylation is 2. The molecule has 94 valence electrons. The second-order valence-corrected chi connectivity index (χ2v) is 5.82. The molecule has 0 bridgehead atoms. The van der Waals surface area contributed by atoms with Crippen LogP contribution < -0.4 is 0 Å². The highest BCUT2D eigenvalue weighted by atomic mass is 32.1. The lowest BCUT2D eigenvalue weighted by Gasteiger charge is -2.16. The molecule has 0 radical (unpaired) electrons. The lowest BCUT2D eigenvalue weighted by molar-refractivity contribution is 0.862. The predicted octanol–water partition coefficient (Wildman–Crippen LogP) is 5.37. The van der Waals surface area contributed by atoms with E-state index in [0.717, 1.165) is 16.2 Å². The summed E-state index contributed by atoms with van der Waals surface area (Å²) in [5.74, 6) is 0.565. The van der Waals surface area contributed by atoms with Crippen molar-refractivity contribution < 1.29 is 0 Å². The Balaban J connectivity index is 3.38. The first kappa shape index (κ1) is 14.7. The number of hydrogen-bond donors (Lipinski definition) is 2. The molecule has 1 rings (SSSR count). The summed E-state index contributed by atoms with van der Waals surface area (Å²) in [6.45, 7) is 10.9. The summed E-state index contributed by atoms with van der Waals surface area (Å²) >= 11 is 9.12. The van der Waals surface area contributed by atoms with Crippen molar-refractivity contribution in [1.29, 1.82) is 0 Å². The van der Waals surface area contributed by atoms with E-state index in [0.29, 0.717) is 5.92 Å². The molecule has 0 unspecified atom stereocenters. The fourth-order valence-corrected chi connectivity index (χ4v) is 2.64. The molecule has 0 aliphatic heterocycles. The molecule has 0 aliphatic carbocycles. The van der Waals surface area contributed by atoms with E-state index in [1.54, 1.807) is 0 Å². The fraction of sp³-hybridized carbons (Fsp3) is 0.467. The molecule has 1 aromatic carbocycles. The maximum Gasteiger partial charge on any atom is 0.0211 e. The van der Waals surface area contributed by atoms with Gasteiger partial charge in [0.25, 0.3) is 0 Å². The molecule has 0 aliphatic rings. The first-order chi connectivity index (χ1) is 7.88. The number of hydrogen-bond acceptors (Lipinski definition) is 2. The Morgan fingerprint density at radius 3 is 1.94 bits per heavy atom. The standard InChI is InChI=1S/C15H22S2/c1-6-13(16)15(17)14-10(4)7-12(9(2)3)8-11(14)5/h7-9,16-17H,6H2,1-5H3/b15-13-.